The molecule has 1 heterocycles. The maximum Gasteiger partial charge on any atom is 0.494 e. The third-order valence-corrected chi connectivity index (χ3v) is 4.38. The van der Waals surface area contributed by atoms with Crippen LogP contribution < -0.4 is 16.1 Å². The van der Waals surface area contributed by atoms with Crippen molar-refractivity contribution in [3.63, 3.8) is 0 Å². The molecule has 0 saturated carbocycles. The Bertz CT molecular complexity index is 539. The highest BCUT2D eigenvalue weighted by atomic mass is 16.7. The zero-order valence-electron chi connectivity index (χ0n) is 14.9. The summed E-state index contributed by atoms with van der Waals surface area (Å²) >= 11 is 0. The second kappa shape index (κ2) is 6.53. The molecule has 1 aromatic carbocycles. The van der Waals surface area contributed by atoms with Gasteiger partial charge in [0.25, 0.3) is 0 Å². The molecule has 2 amide bonds. The van der Waals surface area contributed by atoms with E-state index in [1.807, 2.05) is 65.8 Å². The van der Waals surface area contributed by atoms with E-state index in [1.54, 1.807) is 0 Å². The Balaban J connectivity index is 1.94. The van der Waals surface area contributed by atoms with Crippen molar-refractivity contribution in [3.8, 4) is 0 Å². The van der Waals surface area contributed by atoms with E-state index < -0.39 is 0 Å². The van der Waals surface area contributed by atoms with Crippen LogP contribution in [0.15, 0.2) is 24.3 Å². The summed E-state index contributed by atoms with van der Waals surface area (Å²) in [5, 5.41) is 5.63. The normalized spacial score (nSPS) is 19.0. The molecule has 1 aromatic rings. The zero-order valence-corrected chi connectivity index (χ0v) is 14.9. The fraction of sp³-hybridized carbons (Fsp3) is 0.588. The Morgan fingerprint density at radius 3 is 2.09 bits per heavy atom. The Hall–Kier alpha value is -1.53. The molecular weight excluding hydrogens is 291 g/mol. The molecule has 6 heteroatoms. The summed E-state index contributed by atoms with van der Waals surface area (Å²) in [7, 11) is -0.355. The lowest BCUT2D eigenvalue weighted by Gasteiger charge is -2.32. The van der Waals surface area contributed by atoms with Crippen molar-refractivity contribution in [3.05, 3.63) is 29.8 Å². The first-order valence-corrected chi connectivity index (χ1v) is 8.09. The highest BCUT2D eigenvalue weighted by Gasteiger charge is 2.51. The molecule has 0 spiro atoms. The van der Waals surface area contributed by atoms with Crippen molar-refractivity contribution in [1.29, 1.82) is 0 Å². The number of hydrogen-bond donors (Lipinski definition) is 2. The highest BCUT2D eigenvalue weighted by molar-refractivity contribution is 6.62. The number of amides is 2. The predicted octanol–water partition coefficient (Wildman–Crippen LogP) is 2.19. The first-order chi connectivity index (χ1) is 10.6. The van der Waals surface area contributed by atoms with Crippen molar-refractivity contribution >= 4 is 18.6 Å². The molecule has 0 bridgehead atoms. The number of rotatable bonds is 4. The van der Waals surface area contributed by atoms with Gasteiger partial charge < -0.3 is 19.9 Å². The fourth-order valence-electron chi connectivity index (χ4n) is 2.27. The van der Waals surface area contributed by atoms with Gasteiger partial charge in [0.05, 0.1) is 11.2 Å². The second-order valence-electron chi connectivity index (χ2n) is 7.31. The molecule has 0 unspecified atom stereocenters. The molecule has 23 heavy (non-hydrogen) atoms. The maximum absolute atomic E-state index is 11.6. The number of benzene rings is 1. The SMILES string of the molecule is CC(C)NC(=O)NCc1ccc(B2OC(C)(C)C(C)(C)O2)cc1. The maximum atomic E-state index is 11.6. The molecule has 1 aliphatic heterocycles. The van der Waals surface area contributed by atoms with E-state index in [2.05, 4.69) is 10.6 Å². The van der Waals surface area contributed by atoms with E-state index in [0.717, 1.165) is 11.0 Å². The predicted molar refractivity (Wildman–Crippen MR) is 92.7 cm³/mol. The lowest BCUT2D eigenvalue weighted by Crippen LogP contribution is -2.41. The zero-order chi connectivity index (χ0) is 17.3. The van der Waals surface area contributed by atoms with Crippen LogP contribution in [0.5, 0.6) is 0 Å². The van der Waals surface area contributed by atoms with Gasteiger partial charge in [-0.3, -0.25) is 0 Å². The van der Waals surface area contributed by atoms with Gasteiger partial charge in [0, 0.05) is 12.6 Å². The Morgan fingerprint density at radius 2 is 1.61 bits per heavy atom. The van der Waals surface area contributed by atoms with Gasteiger partial charge in [-0.1, -0.05) is 24.3 Å². The summed E-state index contributed by atoms with van der Waals surface area (Å²) in [6, 6.07) is 7.90. The molecule has 0 aromatic heterocycles. The van der Waals surface area contributed by atoms with Crippen LogP contribution >= 0.6 is 0 Å². The van der Waals surface area contributed by atoms with Gasteiger partial charge in [0.1, 0.15) is 0 Å². The van der Waals surface area contributed by atoms with Crippen molar-refractivity contribution < 1.29 is 14.1 Å². The molecule has 1 fully saturated rings. The highest BCUT2D eigenvalue weighted by Crippen LogP contribution is 2.36. The van der Waals surface area contributed by atoms with E-state index in [1.165, 1.54) is 0 Å². The van der Waals surface area contributed by atoms with Gasteiger partial charge in [-0.2, -0.15) is 0 Å². The van der Waals surface area contributed by atoms with Gasteiger partial charge in [0.2, 0.25) is 0 Å². The van der Waals surface area contributed by atoms with E-state index in [-0.39, 0.29) is 30.4 Å². The van der Waals surface area contributed by atoms with E-state index in [9.17, 15) is 4.79 Å². The van der Waals surface area contributed by atoms with Crippen LogP contribution in [0.1, 0.15) is 47.1 Å². The first kappa shape index (κ1) is 17.8. The van der Waals surface area contributed by atoms with Crippen LogP contribution in [0.25, 0.3) is 0 Å². The molecule has 0 radical (unpaired) electrons. The molecule has 126 valence electrons. The topological polar surface area (TPSA) is 59.6 Å². The average Bonchev–Trinajstić information content (AvgIpc) is 2.65. The number of hydrogen-bond acceptors (Lipinski definition) is 3. The number of urea groups is 1. The van der Waals surface area contributed by atoms with Crippen LogP contribution in [-0.4, -0.2) is 30.4 Å². The van der Waals surface area contributed by atoms with E-state index in [4.69, 9.17) is 9.31 Å². The summed E-state index contributed by atoms with van der Waals surface area (Å²) < 4.78 is 12.1. The minimum atomic E-state index is -0.355. The molecule has 2 N–H and O–H groups in total. The second-order valence-corrected chi connectivity index (χ2v) is 7.31. The average molecular weight is 318 g/mol. The molecule has 1 aliphatic rings. The largest absolute Gasteiger partial charge is 0.494 e. The van der Waals surface area contributed by atoms with Crippen molar-refractivity contribution in [1.82, 2.24) is 10.6 Å². The molecule has 0 atom stereocenters. The van der Waals surface area contributed by atoms with Crippen molar-refractivity contribution in [2.75, 3.05) is 0 Å². The summed E-state index contributed by atoms with van der Waals surface area (Å²) in [5.41, 5.74) is 1.34. The van der Waals surface area contributed by atoms with Gasteiger partial charge in [-0.25, -0.2) is 4.79 Å². The fourth-order valence-corrected chi connectivity index (χ4v) is 2.27. The third-order valence-electron chi connectivity index (χ3n) is 4.38. The Morgan fingerprint density at radius 1 is 1.09 bits per heavy atom. The van der Waals surface area contributed by atoms with Gasteiger partial charge >= 0.3 is 13.1 Å². The Labute approximate surface area is 139 Å². The smallest absolute Gasteiger partial charge is 0.399 e. The summed E-state index contributed by atoms with van der Waals surface area (Å²) in [6.45, 7) is 12.5. The van der Waals surface area contributed by atoms with Gasteiger partial charge in [-0.15, -0.1) is 0 Å². The molecule has 2 rings (SSSR count). The lowest BCUT2D eigenvalue weighted by atomic mass is 9.79. The summed E-state index contributed by atoms with van der Waals surface area (Å²) in [4.78, 5) is 11.6. The van der Waals surface area contributed by atoms with Crippen LogP contribution in [0.3, 0.4) is 0 Å². The van der Waals surface area contributed by atoms with Gasteiger partial charge in [0.15, 0.2) is 0 Å². The first-order valence-electron chi connectivity index (χ1n) is 8.09. The number of carbonyl (C=O) groups excluding carboxylic acids is 1. The Kier molecular flexibility index (Phi) is 5.06. The quantitative estimate of drug-likeness (QED) is 0.837. The third kappa shape index (κ3) is 4.27. The minimum absolute atomic E-state index is 0.126. The van der Waals surface area contributed by atoms with E-state index >= 15 is 0 Å². The lowest BCUT2D eigenvalue weighted by molar-refractivity contribution is 0.00578. The van der Waals surface area contributed by atoms with Crippen molar-refractivity contribution in [2.45, 2.75) is 65.3 Å². The van der Waals surface area contributed by atoms with Crippen LogP contribution in [0.2, 0.25) is 0 Å². The molecular formula is C17H27BN2O3. The van der Waals surface area contributed by atoms with Crippen LogP contribution in [0, 0.1) is 0 Å². The van der Waals surface area contributed by atoms with Crippen molar-refractivity contribution in [2.24, 2.45) is 0 Å². The summed E-state index contributed by atoms with van der Waals surface area (Å²) in [6.07, 6.45) is 0. The van der Waals surface area contributed by atoms with Gasteiger partial charge in [-0.05, 0) is 52.6 Å². The number of nitrogens with one attached hydrogen (secondary N) is 2. The number of carbonyl (C=O) groups is 1. The standard InChI is InChI=1S/C17H27BN2O3/c1-12(2)20-15(21)19-11-13-7-9-14(10-8-13)18-22-16(3,4)17(5,6)23-18/h7-10,12H,11H2,1-6H3,(H2,19,20,21). The van der Waals surface area contributed by atoms with Crippen LogP contribution in [0.4, 0.5) is 4.79 Å². The summed E-state index contributed by atoms with van der Waals surface area (Å²) in [5.74, 6) is 0. The molecule has 1 saturated heterocycles. The van der Waals surface area contributed by atoms with E-state index in [0.29, 0.717) is 6.54 Å². The monoisotopic (exact) mass is 318 g/mol. The van der Waals surface area contributed by atoms with Crippen LogP contribution in [-0.2, 0) is 15.9 Å². The molecule has 0 aliphatic carbocycles. The molecule has 5 nitrogen and oxygen atoms in total. The minimum Gasteiger partial charge on any atom is -0.399 e.